The van der Waals surface area contributed by atoms with Gasteiger partial charge in [-0.2, -0.15) is 0 Å². The summed E-state index contributed by atoms with van der Waals surface area (Å²) in [4.78, 5) is 38.6. The van der Waals surface area contributed by atoms with E-state index in [-0.39, 0.29) is 24.2 Å². The van der Waals surface area contributed by atoms with Crippen molar-refractivity contribution in [3.63, 3.8) is 0 Å². The molecule has 2 atom stereocenters. The van der Waals surface area contributed by atoms with E-state index in [1.165, 1.54) is 0 Å². The molecule has 0 aromatic heterocycles. The lowest BCUT2D eigenvalue weighted by Crippen LogP contribution is -2.54. The molecule has 5 heteroatoms. The molecule has 3 rings (SSSR count). The van der Waals surface area contributed by atoms with Gasteiger partial charge in [0.1, 0.15) is 5.54 Å². The normalized spacial score (nSPS) is 27.4. The van der Waals surface area contributed by atoms with Gasteiger partial charge >= 0.3 is 6.03 Å². The van der Waals surface area contributed by atoms with E-state index in [0.29, 0.717) is 12.0 Å². The van der Waals surface area contributed by atoms with Gasteiger partial charge in [-0.15, -0.1) is 0 Å². The molecule has 3 amide bonds. The maximum atomic E-state index is 12.8. The Balaban J connectivity index is 1.78. The first-order valence-electron chi connectivity index (χ1n) is 8.18. The number of nitrogens with zero attached hydrogens (tertiary/aromatic N) is 1. The van der Waals surface area contributed by atoms with Crippen molar-refractivity contribution >= 4 is 17.7 Å². The quantitative estimate of drug-likeness (QED) is 0.689. The van der Waals surface area contributed by atoms with Crippen molar-refractivity contribution in [1.29, 1.82) is 0 Å². The Hall–Kier alpha value is -2.17. The van der Waals surface area contributed by atoms with E-state index in [2.05, 4.69) is 5.32 Å². The van der Waals surface area contributed by atoms with Crippen LogP contribution in [0.25, 0.3) is 0 Å². The third kappa shape index (κ3) is 2.64. The molecule has 2 fully saturated rings. The second-order valence-electron chi connectivity index (χ2n) is 6.73. The number of carbonyl (C=O) groups is 3. The van der Waals surface area contributed by atoms with E-state index in [0.717, 1.165) is 29.7 Å². The van der Waals surface area contributed by atoms with Crippen molar-refractivity contribution in [3.8, 4) is 0 Å². The maximum Gasteiger partial charge on any atom is 0.325 e. The van der Waals surface area contributed by atoms with E-state index in [1.807, 2.05) is 26.0 Å². The summed E-state index contributed by atoms with van der Waals surface area (Å²) in [6.07, 6.45) is 3.59. The Kier molecular flexibility index (Phi) is 3.96. The number of aryl methyl sites for hydroxylation is 1. The summed E-state index contributed by atoms with van der Waals surface area (Å²) in [5, 5.41) is 2.87. The van der Waals surface area contributed by atoms with E-state index in [9.17, 15) is 14.4 Å². The number of amides is 3. The molecule has 1 aromatic rings. The largest absolute Gasteiger partial charge is 0.325 e. The van der Waals surface area contributed by atoms with E-state index in [4.69, 9.17) is 0 Å². The van der Waals surface area contributed by atoms with E-state index in [1.54, 1.807) is 12.1 Å². The summed E-state index contributed by atoms with van der Waals surface area (Å²) in [5.74, 6) is -0.351. The fraction of sp³-hybridized carbons (Fsp3) is 0.500. The first kappa shape index (κ1) is 15.7. The van der Waals surface area contributed by atoms with Crippen LogP contribution in [0.5, 0.6) is 0 Å². The van der Waals surface area contributed by atoms with Crippen LogP contribution in [0.15, 0.2) is 24.3 Å². The van der Waals surface area contributed by atoms with Crippen molar-refractivity contribution < 1.29 is 14.4 Å². The maximum absolute atomic E-state index is 12.8. The fourth-order valence-corrected chi connectivity index (χ4v) is 3.61. The summed E-state index contributed by atoms with van der Waals surface area (Å²) in [6.45, 7) is 3.75. The highest BCUT2D eigenvalue weighted by Crippen LogP contribution is 2.38. The fourth-order valence-electron chi connectivity index (χ4n) is 3.61. The van der Waals surface area contributed by atoms with Gasteiger partial charge in [0.05, 0.1) is 6.54 Å². The lowest BCUT2D eigenvalue weighted by molar-refractivity contribution is -0.133. The molecule has 1 spiro atoms. The van der Waals surface area contributed by atoms with Gasteiger partial charge in [0, 0.05) is 5.56 Å². The smallest absolute Gasteiger partial charge is 0.323 e. The molecule has 1 heterocycles. The Labute approximate surface area is 136 Å². The van der Waals surface area contributed by atoms with Crippen molar-refractivity contribution in [1.82, 2.24) is 10.2 Å². The van der Waals surface area contributed by atoms with E-state index >= 15 is 0 Å². The third-order valence-electron chi connectivity index (χ3n) is 5.18. The molecule has 2 aliphatic rings. The van der Waals surface area contributed by atoms with Crippen molar-refractivity contribution in [2.24, 2.45) is 5.92 Å². The SMILES string of the molecule is Cc1ccc(C(=O)CN2C(=O)NC3(CCCCC3C)C2=O)cc1. The Bertz CT molecular complexity index is 653. The van der Waals surface area contributed by atoms with Crippen molar-refractivity contribution in [2.75, 3.05) is 6.54 Å². The van der Waals surface area contributed by atoms with Gasteiger partial charge in [-0.1, -0.05) is 49.6 Å². The molecule has 2 unspecified atom stereocenters. The molecule has 0 bridgehead atoms. The molecular weight excluding hydrogens is 292 g/mol. The molecule has 1 N–H and O–H groups in total. The number of nitrogens with one attached hydrogen (secondary N) is 1. The molecule has 1 saturated heterocycles. The molecule has 1 saturated carbocycles. The van der Waals surface area contributed by atoms with Gasteiger partial charge in [-0.3, -0.25) is 14.5 Å². The number of ketones is 1. The van der Waals surface area contributed by atoms with Crippen LogP contribution in [0.3, 0.4) is 0 Å². The number of hydrogen-bond acceptors (Lipinski definition) is 3. The Morgan fingerprint density at radius 2 is 1.96 bits per heavy atom. The molecule has 5 nitrogen and oxygen atoms in total. The number of benzene rings is 1. The zero-order valence-electron chi connectivity index (χ0n) is 13.6. The van der Waals surface area contributed by atoms with Crippen LogP contribution >= 0.6 is 0 Å². The van der Waals surface area contributed by atoms with Gasteiger partial charge in [-0.25, -0.2) is 4.79 Å². The number of Topliss-reactive ketones (excluding diaryl/α,β-unsaturated/α-hetero) is 1. The lowest BCUT2D eigenvalue weighted by Gasteiger charge is -2.36. The summed E-state index contributed by atoms with van der Waals surface area (Å²) >= 11 is 0. The molecule has 23 heavy (non-hydrogen) atoms. The molecule has 1 aromatic carbocycles. The highest BCUT2D eigenvalue weighted by Gasteiger charge is 2.55. The minimum Gasteiger partial charge on any atom is -0.323 e. The van der Waals surface area contributed by atoms with Gasteiger partial charge in [0.25, 0.3) is 5.91 Å². The second kappa shape index (κ2) is 5.80. The summed E-state index contributed by atoms with van der Waals surface area (Å²) in [7, 11) is 0. The van der Waals surface area contributed by atoms with Crippen LogP contribution in [0.2, 0.25) is 0 Å². The number of urea groups is 1. The highest BCUT2D eigenvalue weighted by atomic mass is 16.2. The van der Waals surface area contributed by atoms with Crippen LogP contribution in [-0.4, -0.2) is 34.7 Å². The number of hydrogen-bond donors (Lipinski definition) is 1. The van der Waals surface area contributed by atoms with Gasteiger partial charge in [0.15, 0.2) is 5.78 Å². The monoisotopic (exact) mass is 314 g/mol. The van der Waals surface area contributed by atoms with Crippen LogP contribution in [0, 0.1) is 12.8 Å². The molecule has 1 aliphatic carbocycles. The predicted molar refractivity (Wildman–Crippen MR) is 86.1 cm³/mol. The van der Waals surface area contributed by atoms with Crippen LogP contribution in [0.4, 0.5) is 4.79 Å². The van der Waals surface area contributed by atoms with E-state index < -0.39 is 11.6 Å². The Morgan fingerprint density at radius 3 is 2.61 bits per heavy atom. The Morgan fingerprint density at radius 1 is 1.26 bits per heavy atom. The first-order valence-corrected chi connectivity index (χ1v) is 8.18. The molecular formula is C18H22N2O3. The highest BCUT2D eigenvalue weighted by molar-refractivity contribution is 6.11. The van der Waals surface area contributed by atoms with Crippen LogP contribution in [0.1, 0.15) is 48.5 Å². The van der Waals surface area contributed by atoms with Gasteiger partial charge < -0.3 is 5.32 Å². The minimum atomic E-state index is -0.803. The molecule has 122 valence electrons. The number of carbonyl (C=O) groups excluding carboxylic acids is 3. The first-order chi connectivity index (χ1) is 10.9. The van der Waals surface area contributed by atoms with Gasteiger partial charge in [0.2, 0.25) is 0 Å². The standard InChI is InChI=1S/C18H22N2O3/c1-12-6-8-14(9-7-12)15(21)11-20-16(22)18(19-17(20)23)10-4-3-5-13(18)2/h6-9,13H,3-5,10-11H2,1-2H3,(H,19,23). The predicted octanol–water partition coefficient (Wildman–Crippen LogP) is 2.68. The third-order valence-corrected chi connectivity index (χ3v) is 5.18. The van der Waals surface area contributed by atoms with Crippen LogP contribution in [-0.2, 0) is 4.79 Å². The molecule has 0 radical (unpaired) electrons. The number of imide groups is 1. The lowest BCUT2D eigenvalue weighted by atomic mass is 9.73. The van der Waals surface area contributed by atoms with Gasteiger partial charge in [-0.05, 0) is 25.7 Å². The summed E-state index contributed by atoms with van der Waals surface area (Å²) in [5.41, 5.74) is 0.781. The second-order valence-corrected chi connectivity index (χ2v) is 6.73. The van der Waals surface area contributed by atoms with Crippen LogP contribution < -0.4 is 5.32 Å². The molecule has 1 aliphatic heterocycles. The average Bonchev–Trinajstić information content (AvgIpc) is 2.76. The zero-order chi connectivity index (χ0) is 16.6. The summed E-state index contributed by atoms with van der Waals surface area (Å²) in [6, 6.07) is 6.72. The zero-order valence-corrected chi connectivity index (χ0v) is 13.6. The van der Waals surface area contributed by atoms with Crippen molar-refractivity contribution in [3.05, 3.63) is 35.4 Å². The summed E-state index contributed by atoms with van der Waals surface area (Å²) < 4.78 is 0. The average molecular weight is 314 g/mol. The minimum absolute atomic E-state index is 0.104. The van der Waals surface area contributed by atoms with Crippen molar-refractivity contribution in [2.45, 2.75) is 45.1 Å². The number of rotatable bonds is 3. The topological polar surface area (TPSA) is 66.5 Å².